The van der Waals surface area contributed by atoms with Crippen molar-refractivity contribution >= 4 is 19.0 Å². The Morgan fingerprint density at radius 2 is 1.81 bits per heavy atom. The predicted molar refractivity (Wildman–Crippen MR) is 63.8 cm³/mol. The van der Waals surface area contributed by atoms with E-state index in [-0.39, 0.29) is 19.1 Å². The van der Waals surface area contributed by atoms with E-state index in [0.717, 1.165) is 5.56 Å². The van der Waals surface area contributed by atoms with E-state index in [0.29, 0.717) is 5.57 Å². The molecular weight excluding hydrogens is 223 g/mol. The summed E-state index contributed by atoms with van der Waals surface area (Å²) in [6.07, 6.45) is 2.03. The molecule has 1 unspecified atom stereocenters. The molecular formula is C12H10O3P+. The van der Waals surface area contributed by atoms with Crippen LogP contribution in [0.5, 0.6) is 0 Å². The van der Waals surface area contributed by atoms with E-state index in [1.54, 1.807) is 12.2 Å². The molecule has 0 radical (unpaired) electrons. The third kappa shape index (κ3) is 1.92. The molecule has 1 aromatic carbocycles. The maximum absolute atomic E-state index is 10.7. The molecule has 1 aliphatic carbocycles. The molecule has 1 aliphatic rings. The van der Waals surface area contributed by atoms with Crippen molar-refractivity contribution in [3.8, 4) is 0 Å². The van der Waals surface area contributed by atoms with Crippen molar-refractivity contribution in [3.63, 3.8) is 0 Å². The monoisotopic (exact) mass is 233 g/mol. The summed E-state index contributed by atoms with van der Waals surface area (Å²) in [7, 11) is -0.277. The molecule has 80 valence electrons. The number of aliphatic hydroxyl groups excluding tert-OH is 2. The second kappa shape index (κ2) is 4.60. The van der Waals surface area contributed by atoms with E-state index >= 15 is 0 Å². The molecule has 0 saturated heterocycles. The molecule has 0 fully saturated rings. The van der Waals surface area contributed by atoms with Gasteiger partial charge in [-0.3, -0.25) is 0 Å². The standard InChI is InChI=1S/C12H9O3P/c13-11-9(8-4-2-1-3-5-8)6-7-10(16-15)12(11)14/h1-7,12,14H/p+1. The zero-order valence-corrected chi connectivity index (χ0v) is 9.26. The molecule has 1 aromatic rings. The Bertz CT molecular complexity index is 510. The predicted octanol–water partition coefficient (Wildman–Crippen LogP) is 2.35. The van der Waals surface area contributed by atoms with Gasteiger partial charge in [-0.05, 0) is 0 Å². The minimum absolute atomic E-state index is 0.160. The van der Waals surface area contributed by atoms with Gasteiger partial charge in [0.2, 0.25) is 0 Å². The van der Waals surface area contributed by atoms with Crippen molar-refractivity contribution in [1.29, 1.82) is 0 Å². The summed E-state index contributed by atoms with van der Waals surface area (Å²) in [5.41, 5.74) is 1.37. The van der Waals surface area contributed by atoms with E-state index in [9.17, 15) is 14.8 Å². The van der Waals surface area contributed by atoms with E-state index in [4.69, 9.17) is 0 Å². The summed E-state index contributed by atoms with van der Waals surface area (Å²) in [5, 5.41) is 19.7. The van der Waals surface area contributed by atoms with Gasteiger partial charge in [-0.25, -0.2) is 0 Å². The summed E-state index contributed by atoms with van der Waals surface area (Å²) in [6.45, 7) is 0. The number of hydrogen-bond donors (Lipinski definition) is 2. The Balaban J connectivity index is 2.49. The summed E-state index contributed by atoms with van der Waals surface area (Å²) in [6, 6.07) is 9.24. The molecule has 0 aromatic heterocycles. The fraction of sp³-hybridized carbons (Fsp3) is 0.0833. The fourth-order valence-corrected chi connectivity index (χ4v) is 1.93. The van der Waals surface area contributed by atoms with Crippen LogP contribution < -0.4 is 0 Å². The molecule has 0 saturated carbocycles. The molecule has 4 heteroatoms. The van der Waals surface area contributed by atoms with Crippen LogP contribution in [0, 0.1) is 0 Å². The van der Waals surface area contributed by atoms with Crippen molar-refractivity contribution in [1.82, 2.24) is 0 Å². The van der Waals surface area contributed by atoms with Crippen LogP contribution in [-0.4, -0.2) is 21.6 Å². The molecule has 16 heavy (non-hydrogen) atoms. The summed E-state index contributed by atoms with van der Waals surface area (Å²) < 4.78 is 10.7. The molecule has 0 bridgehead atoms. The average molecular weight is 233 g/mol. The van der Waals surface area contributed by atoms with E-state index in [1.165, 1.54) is 0 Å². The second-order valence-electron chi connectivity index (χ2n) is 3.42. The van der Waals surface area contributed by atoms with E-state index in [2.05, 4.69) is 0 Å². The number of aliphatic hydroxyl groups is 2. The Morgan fingerprint density at radius 3 is 2.44 bits per heavy atom. The Kier molecular flexibility index (Phi) is 3.18. The average Bonchev–Trinajstić information content (AvgIpc) is 2.34. The third-order valence-electron chi connectivity index (χ3n) is 2.43. The second-order valence-corrected chi connectivity index (χ2v) is 4.12. The number of benzene rings is 1. The van der Waals surface area contributed by atoms with Crippen molar-refractivity contribution in [2.24, 2.45) is 0 Å². The van der Waals surface area contributed by atoms with Crippen LogP contribution in [0.1, 0.15) is 5.56 Å². The SMILES string of the molecule is O=[P+]=C1C=CC(c2ccccc2)=C(O)C1O. The molecule has 0 amide bonds. The van der Waals surface area contributed by atoms with Crippen LogP contribution in [-0.2, 0) is 4.57 Å². The first-order chi connectivity index (χ1) is 7.74. The van der Waals surface area contributed by atoms with E-state index < -0.39 is 6.10 Å². The first kappa shape index (κ1) is 11.1. The van der Waals surface area contributed by atoms with Gasteiger partial charge >= 0.3 is 93.6 Å². The molecule has 2 N–H and O–H groups in total. The van der Waals surface area contributed by atoms with Gasteiger partial charge in [-0.2, -0.15) is 0 Å². The zero-order valence-electron chi connectivity index (χ0n) is 8.37. The van der Waals surface area contributed by atoms with Crippen LogP contribution in [0.3, 0.4) is 0 Å². The van der Waals surface area contributed by atoms with Gasteiger partial charge in [0.1, 0.15) is 0 Å². The van der Waals surface area contributed by atoms with Crippen molar-refractivity contribution in [2.45, 2.75) is 6.10 Å². The van der Waals surface area contributed by atoms with Gasteiger partial charge in [0.05, 0.1) is 0 Å². The van der Waals surface area contributed by atoms with Crippen LogP contribution in [0.2, 0.25) is 0 Å². The van der Waals surface area contributed by atoms with Gasteiger partial charge in [-0.1, -0.05) is 0 Å². The van der Waals surface area contributed by atoms with Gasteiger partial charge in [0, 0.05) is 0 Å². The number of allylic oxidation sites excluding steroid dienone is 2. The molecule has 0 heterocycles. The van der Waals surface area contributed by atoms with Crippen LogP contribution >= 0.6 is 8.08 Å². The molecule has 1 atom stereocenters. The first-order valence-electron chi connectivity index (χ1n) is 4.79. The van der Waals surface area contributed by atoms with Crippen molar-refractivity contribution < 1.29 is 14.8 Å². The van der Waals surface area contributed by atoms with E-state index in [1.807, 2.05) is 30.3 Å². The third-order valence-corrected chi connectivity index (χ3v) is 3.03. The fourth-order valence-electron chi connectivity index (χ4n) is 1.57. The zero-order chi connectivity index (χ0) is 11.5. The normalized spacial score (nSPS) is 20.1. The molecule has 2 rings (SSSR count). The molecule has 0 aliphatic heterocycles. The maximum atomic E-state index is 10.7. The molecule has 0 spiro atoms. The van der Waals surface area contributed by atoms with Crippen molar-refractivity contribution in [3.05, 3.63) is 53.8 Å². The Labute approximate surface area is 94.2 Å². The Morgan fingerprint density at radius 1 is 1.12 bits per heavy atom. The topological polar surface area (TPSA) is 57.5 Å². The van der Waals surface area contributed by atoms with Gasteiger partial charge in [0.15, 0.2) is 0 Å². The Hall–Kier alpha value is -1.44. The van der Waals surface area contributed by atoms with Gasteiger partial charge in [-0.15, -0.1) is 0 Å². The van der Waals surface area contributed by atoms with Crippen LogP contribution in [0.4, 0.5) is 0 Å². The number of hydrogen-bond acceptors (Lipinski definition) is 3. The summed E-state index contributed by atoms with van der Waals surface area (Å²) in [4.78, 5) is 0. The summed E-state index contributed by atoms with van der Waals surface area (Å²) in [5.74, 6) is -0.160. The number of rotatable bonds is 1. The first-order valence-corrected chi connectivity index (χ1v) is 5.60. The van der Waals surface area contributed by atoms with Crippen molar-refractivity contribution in [2.75, 3.05) is 0 Å². The van der Waals surface area contributed by atoms with Gasteiger partial charge in [0.25, 0.3) is 0 Å². The van der Waals surface area contributed by atoms with Crippen LogP contribution in [0.25, 0.3) is 5.57 Å². The quantitative estimate of drug-likeness (QED) is 0.732. The van der Waals surface area contributed by atoms with Crippen LogP contribution in [0.15, 0.2) is 48.2 Å². The molecule has 3 nitrogen and oxygen atoms in total. The van der Waals surface area contributed by atoms with Gasteiger partial charge < -0.3 is 0 Å². The minimum atomic E-state index is -1.18. The summed E-state index contributed by atoms with van der Waals surface area (Å²) >= 11 is 0.